The molecule has 0 fully saturated rings. The van der Waals surface area contributed by atoms with Crippen molar-refractivity contribution in [2.45, 2.75) is 26.9 Å². The van der Waals surface area contributed by atoms with Crippen molar-refractivity contribution in [1.82, 2.24) is 9.97 Å². The molecule has 0 aliphatic heterocycles. The van der Waals surface area contributed by atoms with Crippen LogP contribution < -0.4 is 5.32 Å². The minimum absolute atomic E-state index is 0.477. The van der Waals surface area contributed by atoms with Gasteiger partial charge in [0.2, 0.25) is 0 Å². The van der Waals surface area contributed by atoms with Crippen LogP contribution in [0.25, 0.3) is 10.2 Å². The van der Waals surface area contributed by atoms with E-state index >= 15 is 0 Å². The molecular weight excluding hydrogens is 234 g/mol. The van der Waals surface area contributed by atoms with Gasteiger partial charge in [-0.05, 0) is 24.8 Å². The zero-order valence-corrected chi connectivity index (χ0v) is 11.0. The van der Waals surface area contributed by atoms with E-state index in [0.717, 1.165) is 34.8 Å². The Kier molecular flexibility index (Phi) is 4.28. The van der Waals surface area contributed by atoms with Crippen molar-refractivity contribution in [3.8, 4) is 0 Å². The van der Waals surface area contributed by atoms with Gasteiger partial charge >= 0.3 is 0 Å². The van der Waals surface area contributed by atoms with E-state index in [0.29, 0.717) is 13.2 Å². The number of ether oxygens (including phenoxy) is 1. The molecule has 0 unspecified atom stereocenters. The van der Waals surface area contributed by atoms with Crippen molar-refractivity contribution in [2.24, 2.45) is 0 Å². The summed E-state index contributed by atoms with van der Waals surface area (Å²) in [6.07, 6.45) is 1.08. The normalized spacial score (nSPS) is 10.9. The number of thiophene rings is 1. The third kappa shape index (κ3) is 2.92. The summed E-state index contributed by atoms with van der Waals surface area (Å²) in [6.45, 7) is 6.20. The van der Waals surface area contributed by atoms with Gasteiger partial charge in [0.05, 0.1) is 5.39 Å². The van der Waals surface area contributed by atoms with Crippen LogP contribution in [0.5, 0.6) is 0 Å². The fraction of sp³-hybridized carbons (Fsp3) is 0.500. The van der Waals surface area contributed by atoms with Gasteiger partial charge in [0.15, 0.2) is 5.82 Å². The van der Waals surface area contributed by atoms with E-state index in [9.17, 15) is 0 Å². The van der Waals surface area contributed by atoms with Crippen LogP contribution in [-0.2, 0) is 11.3 Å². The van der Waals surface area contributed by atoms with Gasteiger partial charge < -0.3 is 10.1 Å². The predicted octanol–water partition coefficient (Wildman–Crippen LogP) is 3.05. The van der Waals surface area contributed by atoms with Gasteiger partial charge in [-0.2, -0.15) is 0 Å². The molecule has 2 rings (SSSR count). The summed E-state index contributed by atoms with van der Waals surface area (Å²) in [6, 6.07) is 2.06. The van der Waals surface area contributed by atoms with Gasteiger partial charge in [0.1, 0.15) is 17.3 Å². The van der Waals surface area contributed by atoms with Crippen LogP contribution in [0.4, 0.5) is 5.82 Å². The third-order valence-corrected chi connectivity index (χ3v) is 3.16. The molecule has 0 saturated carbocycles. The molecule has 17 heavy (non-hydrogen) atoms. The van der Waals surface area contributed by atoms with Crippen LogP contribution >= 0.6 is 11.3 Å². The van der Waals surface area contributed by atoms with Gasteiger partial charge in [0.25, 0.3) is 0 Å². The Bertz CT molecular complexity index is 484. The lowest BCUT2D eigenvalue weighted by atomic mass is 10.3. The third-order valence-electron chi connectivity index (χ3n) is 2.35. The zero-order valence-electron chi connectivity index (χ0n) is 10.2. The molecule has 2 aromatic rings. The van der Waals surface area contributed by atoms with Crippen LogP contribution in [0.1, 0.15) is 26.1 Å². The number of nitrogens with zero attached hydrogens (tertiary/aromatic N) is 2. The molecule has 0 aromatic carbocycles. The highest BCUT2D eigenvalue weighted by Crippen LogP contribution is 2.25. The van der Waals surface area contributed by atoms with E-state index in [2.05, 4.69) is 28.3 Å². The second-order valence-corrected chi connectivity index (χ2v) is 4.59. The van der Waals surface area contributed by atoms with E-state index in [-0.39, 0.29) is 0 Å². The summed E-state index contributed by atoms with van der Waals surface area (Å²) in [5, 5.41) is 6.48. The molecule has 0 radical (unpaired) electrons. The largest absolute Gasteiger partial charge is 0.374 e. The van der Waals surface area contributed by atoms with E-state index in [1.54, 1.807) is 11.3 Å². The van der Waals surface area contributed by atoms with Crippen LogP contribution in [0.2, 0.25) is 0 Å². The van der Waals surface area contributed by atoms with Gasteiger partial charge in [-0.15, -0.1) is 11.3 Å². The van der Waals surface area contributed by atoms with Crippen molar-refractivity contribution >= 4 is 27.4 Å². The Morgan fingerprint density at radius 1 is 1.35 bits per heavy atom. The van der Waals surface area contributed by atoms with Crippen molar-refractivity contribution in [1.29, 1.82) is 0 Å². The number of rotatable bonds is 6. The first-order chi connectivity index (χ1) is 8.35. The van der Waals surface area contributed by atoms with Crippen LogP contribution in [0, 0.1) is 0 Å². The molecule has 0 aliphatic rings. The summed E-state index contributed by atoms with van der Waals surface area (Å²) in [7, 11) is 0. The number of aromatic nitrogens is 2. The van der Waals surface area contributed by atoms with Crippen molar-refractivity contribution < 1.29 is 4.74 Å². The van der Waals surface area contributed by atoms with E-state index in [4.69, 9.17) is 4.74 Å². The Labute approximate surface area is 105 Å². The minimum Gasteiger partial charge on any atom is -0.374 e. The first kappa shape index (κ1) is 12.3. The van der Waals surface area contributed by atoms with E-state index in [1.165, 1.54) is 0 Å². The lowest BCUT2D eigenvalue weighted by Crippen LogP contribution is -2.06. The summed E-state index contributed by atoms with van der Waals surface area (Å²) < 4.78 is 5.36. The van der Waals surface area contributed by atoms with Crippen molar-refractivity contribution in [2.75, 3.05) is 18.5 Å². The molecule has 0 atom stereocenters. The number of hydrogen-bond donors (Lipinski definition) is 1. The molecule has 0 amide bonds. The molecule has 0 bridgehead atoms. The Morgan fingerprint density at radius 3 is 3.00 bits per heavy atom. The first-order valence-corrected chi connectivity index (χ1v) is 6.78. The molecule has 5 heteroatoms. The monoisotopic (exact) mass is 251 g/mol. The summed E-state index contributed by atoms with van der Waals surface area (Å²) in [5.74, 6) is 1.67. The molecular formula is C12H17N3OS. The van der Waals surface area contributed by atoms with Crippen LogP contribution in [0.3, 0.4) is 0 Å². The highest BCUT2D eigenvalue weighted by Gasteiger charge is 2.08. The molecule has 2 heterocycles. The number of fused-ring (bicyclic) bond motifs is 1. The fourth-order valence-corrected chi connectivity index (χ4v) is 2.32. The quantitative estimate of drug-likeness (QED) is 0.857. The predicted molar refractivity (Wildman–Crippen MR) is 71.5 cm³/mol. The zero-order chi connectivity index (χ0) is 12.1. The topological polar surface area (TPSA) is 47.0 Å². The molecule has 2 aromatic heterocycles. The van der Waals surface area contributed by atoms with Gasteiger partial charge in [-0.3, -0.25) is 0 Å². The maximum absolute atomic E-state index is 5.36. The first-order valence-electron chi connectivity index (χ1n) is 5.90. The van der Waals surface area contributed by atoms with Gasteiger partial charge in [-0.1, -0.05) is 6.92 Å². The van der Waals surface area contributed by atoms with E-state index < -0.39 is 0 Å². The maximum Gasteiger partial charge on any atom is 0.158 e. The molecule has 0 saturated heterocycles. The maximum atomic E-state index is 5.36. The number of nitrogens with one attached hydrogen (secondary N) is 1. The Balaban J connectivity index is 2.29. The number of anilines is 1. The lowest BCUT2D eigenvalue weighted by Gasteiger charge is -2.07. The second kappa shape index (κ2) is 5.93. The SMILES string of the molecule is CCCNc1nc(COCC)nc2sccc12. The average Bonchev–Trinajstić information content (AvgIpc) is 2.81. The number of hydrogen-bond acceptors (Lipinski definition) is 5. The minimum atomic E-state index is 0.477. The molecule has 92 valence electrons. The fourth-order valence-electron chi connectivity index (χ4n) is 1.54. The lowest BCUT2D eigenvalue weighted by molar-refractivity contribution is 0.128. The van der Waals surface area contributed by atoms with Crippen LogP contribution in [0.15, 0.2) is 11.4 Å². The van der Waals surface area contributed by atoms with Gasteiger partial charge in [-0.25, -0.2) is 9.97 Å². The molecule has 1 N–H and O–H groups in total. The molecule has 0 spiro atoms. The summed E-state index contributed by atoms with van der Waals surface area (Å²) >= 11 is 1.64. The highest BCUT2D eigenvalue weighted by molar-refractivity contribution is 7.16. The Morgan fingerprint density at radius 2 is 2.24 bits per heavy atom. The molecule has 0 aliphatic carbocycles. The second-order valence-electron chi connectivity index (χ2n) is 3.69. The van der Waals surface area contributed by atoms with E-state index in [1.807, 2.05) is 12.3 Å². The smallest absolute Gasteiger partial charge is 0.158 e. The van der Waals surface area contributed by atoms with Crippen molar-refractivity contribution in [3.05, 3.63) is 17.3 Å². The summed E-state index contributed by atoms with van der Waals surface area (Å²) in [5.41, 5.74) is 0. The summed E-state index contributed by atoms with van der Waals surface area (Å²) in [4.78, 5) is 10.0. The standard InChI is InChI=1S/C12H17N3OS/c1-3-6-13-11-9-5-7-17-12(9)15-10(14-11)8-16-4-2/h5,7H,3-4,6,8H2,1-2H3,(H,13,14,15). The highest BCUT2D eigenvalue weighted by atomic mass is 32.1. The van der Waals surface area contributed by atoms with Gasteiger partial charge in [0, 0.05) is 13.2 Å². The molecule has 4 nitrogen and oxygen atoms in total. The van der Waals surface area contributed by atoms with Crippen LogP contribution in [-0.4, -0.2) is 23.1 Å². The average molecular weight is 251 g/mol. The Hall–Kier alpha value is -1.20. The van der Waals surface area contributed by atoms with Crippen molar-refractivity contribution in [3.63, 3.8) is 0 Å².